The van der Waals surface area contributed by atoms with Crippen LogP contribution in [0.25, 0.3) is 6.08 Å². The summed E-state index contributed by atoms with van der Waals surface area (Å²) in [6.07, 6.45) is 4.70. The molecule has 0 atom stereocenters. The fourth-order valence-electron chi connectivity index (χ4n) is 3.24. The molecule has 0 aliphatic carbocycles. The van der Waals surface area contributed by atoms with Crippen molar-refractivity contribution < 1.29 is 14.7 Å². The second-order valence-corrected chi connectivity index (χ2v) is 6.33. The monoisotopic (exact) mass is 350 g/mol. The first kappa shape index (κ1) is 17.9. The molecule has 0 saturated carbocycles. The zero-order chi connectivity index (χ0) is 18.7. The molecule has 2 N–H and O–H groups in total. The van der Waals surface area contributed by atoms with E-state index >= 15 is 0 Å². The molecule has 1 aliphatic rings. The number of hydrogen-bond acceptors (Lipinski definition) is 3. The third kappa shape index (κ3) is 3.53. The molecule has 0 saturated heterocycles. The fourth-order valence-corrected chi connectivity index (χ4v) is 3.24. The van der Waals surface area contributed by atoms with E-state index in [1.165, 1.54) is 0 Å². The molecular weight excluding hydrogens is 328 g/mol. The molecule has 0 aromatic heterocycles. The molecule has 2 aromatic rings. The number of benzene rings is 2. The highest BCUT2D eigenvalue weighted by molar-refractivity contribution is 6.06. The zero-order valence-electron chi connectivity index (χ0n) is 15.0. The van der Waals surface area contributed by atoms with Gasteiger partial charge in [0, 0.05) is 23.5 Å². The van der Waals surface area contributed by atoms with Gasteiger partial charge in [-0.1, -0.05) is 30.4 Å². The lowest BCUT2D eigenvalue weighted by Crippen LogP contribution is -2.31. The van der Waals surface area contributed by atoms with E-state index in [1.54, 1.807) is 11.0 Å². The van der Waals surface area contributed by atoms with Crippen molar-refractivity contribution in [1.82, 2.24) is 0 Å². The zero-order valence-corrected chi connectivity index (χ0v) is 15.0. The minimum absolute atomic E-state index is 0.187. The molecule has 2 amide bonds. The average Bonchev–Trinajstić information content (AvgIpc) is 3.04. The molecule has 1 heterocycles. The summed E-state index contributed by atoms with van der Waals surface area (Å²) in [5.41, 5.74) is 4.98. The van der Waals surface area contributed by atoms with Gasteiger partial charge in [-0.25, -0.2) is 0 Å². The number of fused-ring (bicyclic) bond motifs is 1. The first-order valence-electron chi connectivity index (χ1n) is 8.62. The average molecular weight is 350 g/mol. The summed E-state index contributed by atoms with van der Waals surface area (Å²) >= 11 is 0. The topological polar surface area (TPSA) is 69.6 Å². The standard InChI is InChI=1S/C21H22N2O3/c1-3-4-15-5-8-18(14(2)11-15)21(26)22-17-7-6-16-9-10-23(19(16)12-17)20(25)13-24/h3-8,11-12,24H,9-10,13H2,1-2H3,(H,22,26)/b4-3+. The van der Waals surface area contributed by atoms with Gasteiger partial charge in [-0.3, -0.25) is 9.59 Å². The molecule has 0 bridgehead atoms. The number of aryl methyl sites for hydroxylation is 1. The second-order valence-electron chi connectivity index (χ2n) is 6.33. The number of nitrogens with one attached hydrogen (secondary N) is 1. The van der Waals surface area contributed by atoms with Gasteiger partial charge in [0.2, 0.25) is 0 Å². The molecule has 0 unspecified atom stereocenters. The summed E-state index contributed by atoms with van der Waals surface area (Å²) in [5.74, 6) is -0.518. The molecule has 3 rings (SSSR count). The molecule has 5 nitrogen and oxygen atoms in total. The summed E-state index contributed by atoms with van der Waals surface area (Å²) < 4.78 is 0. The third-order valence-corrected chi connectivity index (χ3v) is 4.53. The van der Waals surface area contributed by atoms with Crippen molar-refractivity contribution in [3.63, 3.8) is 0 Å². The Kier molecular flexibility index (Phi) is 5.19. The molecule has 26 heavy (non-hydrogen) atoms. The maximum absolute atomic E-state index is 12.6. The van der Waals surface area contributed by atoms with Crippen LogP contribution in [0.5, 0.6) is 0 Å². The van der Waals surface area contributed by atoms with E-state index in [1.807, 2.05) is 56.3 Å². The van der Waals surface area contributed by atoms with Crippen molar-refractivity contribution in [2.24, 2.45) is 0 Å². The number of carbonyl (C=O) groups is 2. The first-order chi connectivity index (χ1) is 12.5. The Morgan fingerprint density at radius 2 is 2.04 bits per heavy atom. The number of amides is 2. The van der Waals surface area contributed by atoms with E-state index in [0.717, 1.165) is 28.8 Å². The van der Waals surface area contributed by atoms with Crippen molar-refractivity contribution in [1.29, 1.82) is 0 Å². The number of anilines is 2. The van der Waals surface area contributed by atoms with Crippen LogP contribution in [0.15, 0.2) is 42.5 Å². The largest absolute Gasteiger partial charge is 0.387 e. The molecule has 0 spiro atoms. The van der Waals surface area contributed by atoms with Crippen LogP contribution < -0.4 is 10.2 Å². The highest BCUT2D eigenvalue weighted by atomic mass is 16.3. The van der Waals surface area contributed by atoms with Gasteiger partial charge in [-0.2, -0.15) is 0 Å². The van der Waals surface area contributed by atoms with Crippen LogP contribution in [0.3, 0.4) is 0 Å². The number of aliphatic hydroxyl groups excluding tert-OH is 1. The maximum atomic E-state index is 12.6. The predicted molar refractivity (Wildman–Crippen MR) is 103 cm³/mol. The van der Waals surface area contributed by atoms with Crippen LogP contribution in [-0.2, 0) is 11.2 Å². The lowest BCUT2D eigenvalue weighted by Gasteiger charge is -2.17. The van der Waals surface area contributed by atoms with Crippen LogP contribution in [-0.4, -0.2) is 30.1 Å². The minimum Gasteiger partial charge on any atom is -0.387 e. The quantitative estimate of drug-likeness (QED) is 0.890. The number of rotatable bonds is 4. The summed E-state index contributed by atoms with van der Waals surface area (Å²) in [6, 6.07) is 11.2. The normalized spacial score (nSPS) is 13.1. The fraction of sp³-hybridized carbons (Fsp3) is 0.238. The minimum atomic E-state index is -0.520. The highest BCUT2D eigenvalue weighted by Crippen LogP contribution is 2.31. The van der Waals surface area contributed by atoms with E-state index < -0.39 is 6.61 Å². The molecule has 134 valence electrons. The van der Waals surface area contributed by atoms with E-state index in [2.05, 4.69) is 5.32 Å². The summed E-state index contributed by atoms with van der Waals surface area (Å²) in [4.78, 5) is 26.0. The SMILES string of the molecule is C/C=C/c1ccc(C(=O)Nc2ccc3c(c2)N(C(=O)CO)CC3)c(C)c1. The van der Waals surface area contributed by atoms with Crippen LogP contribution in [0.4, 0.5) is 11.4 Å². The lowest BCUT2D eigenvalue weighted by molar-refractivity contribution is -0.121. The summed E-state index contributed by atoms with van der Waals surface area (Å²) in [6.45, 7) is 3.90. The predicted octanol–water partition coefficient (Wildman–Crippen LogP) is 3.16. The van der Waals surface area contributed by atoms with Crippen LogP contribution in [0.2, 0.25) is 0 Å². The van der Waals surface area contributed by atoms with Crippen molar-refractivity contribution in [3.05, 3.63) is 64.7 Å². The summed E-state index contributed by atoms with van der Waals surface area (Å²) in [7, 11) is 0. The number of hydrogen-bond donors (Lipinski definition) is 2. The van der Waals surface area contributed by atoms with E-state index in [4.69, 9.17) is 5.11 Å². The van der Waals surface area contributed by atoms with E-state index in [9.17, 15) is 9.59 Å². The van der Waals surface area contributed by atoms with Gasteiger partial charge >= 0.3 is 0 Å². The molecular formula is C21H22N2O3. The van der Waals surface area contributed by atoms with Crippen molar-refractivity contribution in [2.75, 3.05) is 23.4 Å². The lowest BCUT2D eigenvalue weighted by atomic mass is 10.0. The molecule has 0 radical (unpaired) electrons. The number of carbonyl (C=O) groups excluding carboxylic acids is 2. The van der Waals surface area contributed by atoms with Gasteiger partial charge in [0.15, 0.2) is 0 Å². The Labute approximate surface area is 153 Å². The third-order valence-electron chi connectivity index (χ3n) is 4.53. The van der Waals surface area contributed by atoms with Crippen LogP contribution >= 0.6 is 0 Å². The smallest absolute Gasteiger partial charge is 0.255 e. The van der Waals surface area contributed by atoms with Crippen molar-refractivity contribution in [2.45, 2.75) is 20.3 Å². The second kappa shape index (κ2) is 7.54. The van der Waals surface area contributed by atoms with Crippen LogP contribution in [0.1, 0.15) is 34.0 Å². The van der Waals surface area contributed by atoms with Gasteiger partial charge in [-0.15, -0.1) is 0 Å². The highest BCUT2D eigenvalue weighted by Gasteiger charge is 2.24. The Morgan fingerprint density at radius 1 is 1.23 bits per heavy atom. The van der Waals surface area contributed by atoms with E-state index in [-0.39, 0.29) is 11.8 Å². The van der Waals surface area contributed by atoms with Crippen LogP contribution in [0, 0.1) is 6.92 Å². The molecule has 2 aromatic carbocycles. The van der Waals surface area contributed by atoms with E-state index in [0.29, 0.717) is 17.8 Å². The van der Waals surface area contributed by atoms with Gasteiger partial charge in [0.05, 0.1) is 0 Å². The molecule has 5 heteroatoms. The number of aliphatic hydroxyl groups is 1. The number of allylic oxidation sites excluding steroid dienone is 1. The van der Waals surface area contributed by atoms with Gasteiger partial charge in [0.25, 0.3) is 11.8 Å². The van der Waals surface area contributed by atoms with Gasteiger partial charge in [0.1, 0.15) is 6.61 Å². The Hall–Kier alpha value is -2.92. The van der Waals surface area contributed by atoms with Crippen molar-refractivity contribution in [3.8, 4) is 0 Å². The Morgan fingerprint density at radius 3 is 2.73 bits per heavy atom. The van der Waals surface area contributed by atoms with Gasteiger partial charge in [-0.05, 0) is 55.2 Å². The maximum Gasteiger partial charge on any atom is 0.255 e. The summed E-state index contributed by atoms with van der Waals surface area (Å²) in [5, 5.41) is 12.0. The molecule has 1 aliphatic heterocycles. The Balaban J connectivity index is 1.82. The first-order valence-corrected chi connectivity index (χ1v) is 8.62. The van der Waals surface area contributed by atoms with Crippen molar-refractivity contribution >= 4 is 29.3 Å². The Bertz CT molecular complexity index is 887. The molecule has 0 fully saturated rings. The number of nitrogens with zero attached hydrogens (tertiary/aromatic N) is 1. The van der Waals surface area contributed by atoms with Gasteiger partial charge < -0.3 is 15.3 Å².